The van der Waals surface area contributed by atoms with Gasteiger partial charge in [0.05, 0.1) is 5.41 Å². The van der Waals surface area contributed by atoms with Gasteiger partial charge in [-0.1, -0.05) is 6.58 Å². The second-order valence-electron chi connectivity index (χ2n) is 2.87. The van der Waals surface area contributed by atoms with Gasteiger partial charge in [0.15, 0.2) is 0 Å². The Morgan fingerprint density at radius 3 is 2.44 bits per heavy atom. The average Bonchev–Trinajstić information content (AvgIpc) is 2.56. The molecule has 1 spiro atoms. The molecule has 2 heteroatoms. The van der Waals surface area contributed by atoms with Crippen LogP contribution in [0.3, 0.4) is 0 Å². The van der Waals surface area contributed by atoms with Crippen LogP contribution in [-0.2, 0) is 4.79 Å². The molecule has 1 saturated heterocycles. The molecule has 0 atom stereocenters. The molecular weight excluding hydrogens is 114 g/mol. The molecular formula is C7H9NO. The first-order valence-electron chi connectivity index (χ1n) is 3.22. The standard InChI is InChI=1S/C7H9NO/c1-5-4-8-6(9)7(5)2-3-7/h1-4H2,(H,8,9). The van der Waals surface area contributed by atoms with Gasteiger partial charge in [0.2, 0.25) is 5.91 Å². The van der Waals surface area contributed by atoms with Crippen molar-refractivity contribution in [1.29, 1.82) is 0 Å². The van der Waals surface area contributed by atoms with Crippen LogP contribution in [0.5, 0.6) is 0 Å². The number of amides is 1. The number of carbonyl (C=O) groups is 1. The lowest BCUT2D eigenvalue weighted by Gasteiger charge is -1.99. The van der Waals surface area contributed by atoms with Crippen LogP contribution < -0.4 is 5.32 Å². The van der Waals surface area contributed by atoms with Gasteiger partial charge in [0, 0.05) is 6.54 Å². The van der Waals surface area contributed by atoms with Crippen LogP contribution in [-0.4, -0.2) is 12.5 Å². The molecule has 0 bridgehead atoms. The third-order valence-corrected chi connectivity index (χ3v) is 2.32. The molecule has 1 N–H and O–H groups in total. The minimum atomic E-state index is -0.0833. The monoisotopic (exact) mass is 123 g/mol. The average molecular weight is 123 g/mol. The quantitative estimate of drug-likeness (QED) is 0.465. The Hall–Kier alpha value is -0.790. The van der Waals surface area contributed by atoms with Gasteiger partial charge in [-0.2, -0.15) is 0 Å². The minimum Gasteiger partial charge on any atom is -0.352 e. The zero-order valence-corrected chi connectivity index (χ0v) is 5.24. The normalized spacial score (nSPS) is 28.9. The molecule has 2 nitrogen and oxygen atoms in total. The van der Waals surface area contributed by atoms with Crippen LogP contribution in [0.25, 0.3) is 0 Å². The van der Waals surface area contributed by atoms with Crippen molar-refractivity contribution in [3.8, 4) is 0 Å². The number of hydrogen-bond acceptors (Lipinski definition) is 1. The van der Waals surface area contributed by atoms with Gasteiger partial charge in [-0.05, 0) is 18.4 Å². The van der Waals surface area contributed by atoms with Crippen molar-refractivity contribution < 1.29 is 4.79 Å². The summed E-state index contributed by atoms with van der Waals surface area (Å²) in [6.45, 7) is 4.54. The van der Waals surface area contributed by atoms with Crippen molar-refractivity contribution >= 4 is 5.91 Å². The topological polar surface area (TPSA) is 29.1 Å². The first-order valence-corrected chi connectivity index (χ1v) is 3.22. The van der Waals surface area contributed by atoms with Crippen LogP contribution in [0.4, 0.5) is 0 Å². The highest BCUT2D eigenvalue weighted by Gasteiger charge is 2.55. The van der Waals surface area contributed by atoms with Gasteiger partial charge in [-0.3, -0.25) is 4.79 Å². The van der Waals surface area contributed by atoms with E-state index < -0.39 is 0 Å². The summed E-state index contributed by atoms with van der Waals surface area (Å²) in [5.41, 5.74) is 1.01. The summed E-state index contributed by atoms with van der Waals surface area (Å²) < 4.78 is 0. The van der Waals surface area contributed by atoms with Crippen LogP contribution in [0.2, 0.25) is 0 Å². The Morgan fingerprint density at radius 2 is 2.22 bits per heavy atom. The molecule has 1 aliphatic carbocycles. The molecule has 0 aromatic carbocycles. The van der Waals surface area contributed by atoms with Gasteiger partial charge in [-0.25, -0.2) is 0 Å². The van der Waals surface area contributed by atoms with E-state index in [2.05, 4.69) is 11.9 Å². The van der Waals surface area contributed by atoms with E-state index in [4.69, 9.17) is 0 Å². The SMILES string of the molecule is C=C1CNC(=O)C12CC2. The maximum Gasteiger partial charge on any atom is 0.230 e. The summed E-state index contributed by atoms with van der Waals surface area (Å²) in [4.78, 5) is 11.0. The summed E-state index contributed by atoms with van der Waals surface area (Å²) >= 11 is 0. The van der Waals surface area contributed by atoms with Crippen molar-refractivity contribution in [3.63, 3.8) is 0 Å². The fourth-order valence-electron chi connectivity index (χ4n) is 1.39. The zero-order valence-electron chi connectivity index (χ0n) is 5.24. The van der Waals surface area contributed by atoms with Gasteiger partial charge >= 0.3 is 0 Å². The van der Waals surface area contributed by atoms with E-state index >= 15 is 0 Å². The molecule has 1 amide bonds. The van der Waals surface area contributed by atoms with E-state index in [1.54, 1.807) is 0 Å². The minimum absolute atomic E-state index is 0.0833. The molecule has 0 aromatic rings. The van der Waals surface area contributed by atoms with Crippen molar-refractivity contribution in [2.24, 2.45) is 5.41 Å². The molecule has 0 aromatic heterocycles. The third kappa shape index (κ3) is 0.435. The first kappa shape index (κ1) is 5.03. The molecule has 9 heavy (non-hydrogen) atoms. The molecule has 1 heterocycles. The Labute approximate surface area is 53.9 Å². The van der Waals surface area contributed by atoms with Crippen LogP contribution in [0.15, 0.2) is 12.2 Å². The lowest BCUT2D eigenvalue weighted by Crippen LogP contribution is -2.19. The van der Waals surface area contributed by atoms with Crippen molar-refractivity contribution in [2.75, 3.05) is 6.54 Å². The lowest BCUT2D eigenvalue weighted by molar-refractivity contribution is -0.122. The highest BCUT2D eigenvalue weighted by atomic mass is 16.2. The second-order valence-corrected chi connectivity index (χ2v) is 2.87. The predicted octanol–water partition coefficient (Wildman–Crippen LogP) is 0.453. The molecule has 2 aliphatic rings. The molecule has 1 aliphatic heterocycles. The zero-order chi connectivity index (χ0) is 6.48. The Balaban J connectivity index is 2.37. The van der Waals surface area contributed by atoms with Gasteiger partial charge in [0.1, 0.15) is 0 Å². The van der Waals surface area contributed by atoms with Crippen LogP contribution in [0, 0.1) is 5.41 Å². The molecule has 2 fully saturated rings. The summed E-state index contributed by atoms with van der Waals surface area (Å²) in [6.07, 6.45) is 2.05. The van der Waals surface area contributed by atoms with Crippen LogP contribution >= 0.6 is 0 Å². The first-order chi connectivity index (χ1) is 4.26. The van der Waals surface area contributed by atoms with Crippen molar-refractivity contribution in [3.05, 3.63) is 12.2 Å². The summed E-state index contributed by atoms with van der Waals surface area (Å²) in [5.74, 6) is 0.201. The number of hydrogen-bond donors (Lipinski definition) is 1. The molecule has 48 valence electrons. The molecule has 1 saturated carbocycles. The molecule has 2 rings (SSSR count). The van der Waals surface area contributed by atoms with E-state index in [-0.39, 0.29) is 11.3 Å². The second kappa shape index (κ2) is 1.20. The lowest BCUT2D eigenvalue weighted by atomic mass is 10.0. The predicted molar refractivity (Wildman–Crippen MR) is 33.8 cm³/mol. The summed E-state index contributed by atoms with van der Waals surface area (Å²) in [7, 11) is 0. The third-order valence-electron chi connectivity index (χ3n) is 2.32. The fourth-order valence-corrected chi connectivity index (χ4v) is 1.39. The van der Waals surface area contributed by atoms with Gasteiger partial charge < -0.3 is 5.32 Å². The maximum atomic E-state index is 11.0. The Bertz CT molecular complexity index is 173. The highest BCUT2D eigenvalue weighted by molar-refractivity contribution is 5.91. The number of nitrogens with one attached hydrogen (secondary N) is 1. The summed E-state index contributed by atoms with van der Waals surface area (Å²) in [5, 5.41) is 2.78. The summed E-state index contributed by atoms with van der Waals surface area (Å²) in [6, 6.07) is 0. The van der Waals surface area contributed by atoms with Crippen LogP contribution in [0.1, 0.15) is 12.8 Å². The van der Waals surface area contributed by atoms with E-state index in [9.17, 15) is 4.79 Å². The van der Waals surface area contributed by atoms with E-state index in [0.717, 1.165) is 18.4 Å². The van der Waals surface area contributed by atoms with E-state index in [1.165, 1.54) is 0 Å². The molecule has 0 unspecified atom stereocenters. The largest absolute Gasteiger partial charge is 0.352 e. The maximum absolute atomic E-state index is 11.0. The Kier molecular flexibility index (Phi) is 0.672. The van der Waals surface area contributed by atoms with E-state index in [0.29, 0.717) is 6.54 Å². The van der Waals surface area contributed by atoms with Gasteiger partial charge in [0.25, 0.3) is 0 Å². The fraction of sp³-hybridized carbons (Fsp3) is 0.571. The number of rotatable bonds is 0. The Morgan fingerprint density at radius 1 is 1.56 bits per heavy atom. The molecule has 0 radical (unpaired) electrons. The number of carbonyl (C=O) groups excluding carboxylic acids is 1. The van der Waals surface area contributed by atoms with Crippen molar-refractivity contribution in [2.45, 2.75) is 12.8 Å². The highest BCUT2D eigenvalue weighted by Crippen LogP contribution is 2.53. The van der Waals surface area contributed by atoms with E-state index in [1.807, 2.05) is 0 Å². The van der Waals surface area contributed by atoms with Gasteiger partial charge in [-0.15, -0.1) is 0 Å². The smallest absolute Gasteiger partial charge is 0.230 e. The van der Waals surface area contributed by atoms with Crippen molar-refractivity contribution in [1.82, 2.24) is 5.32 Å².